The largest absolute Gasteiger partial charge is 0.213 e. The molecule has 0 aliphatic rings. The third-order valence-electron chi connectivity index (χ3n) is 4.16. The first-order valence-corrected chi connectivity index (χ1v) is 7.61. The van der Waals surface area contributed by atoms with Crippen LogP contribution in [0.3, 0.4) is 0 Å². The van der Waals surface area contributed by atoms with Crippen molar-refractivity contribution < 1.29 is 12.8 Å². The highest BCUT2D eigenvalue weighted by Crippen LogP contribution is 2.30. The summed E-state index contributed by atoms with van der Waals surface area (Å²) in [5.41, 5.74) is 4.80. The molecule has 1 nitrogen and oxygen atoms in total. The minimum absolute atomic E-state index is 0.131. The number of aryl methyl sites for hydroxylation is 5. The van der Waals surface area contributed by atoms with Gasteiger partial charge in [-0.15, -0.1) is 0 Å². The van der Waals surface area contributed by atoms with Crippen molar-refractivity contribution in [3.05, 3.63) is 77.0 Å². The van der Waals surface area contributed by atoms with Gasteiger partial charge in [-0.25, -0.2) is 4.57 Å². The lowest BCUT2D eigenvalue weighted by Crippen LogP contribution is -2.31. The third kappa shape index (κ3) is 2.92. The van der Waals surface area contributed by atoms with Gasteiger partial charge < -0.3 is 0 Å². The summed E-state index contributed by atoms with van der Waals surface area (Å²) >= 11 is 0. The Hall–Kier alpha value is -2.41. The van der Waals surface area contributed by atoms with Gasteiger partial charge in [0, 0.05) is 25.4 Å². The molecule has 0 saturated heterocycles. The molecule has 3 aromatic rings. The first-order valence-electron chi connectivity index (χ1n) is 10.6. The standard InChI is InChI=1S/C22H24N/c1-15-10-11-19(17(3)12-15)21-13-22(23(5)14-18(21)4)20-9-7-6-8-16(20)2/h6-14H,1-5H3/q+1/i3D3,4D3. The molecular formula is C22H24N+. The monoisotopic (exact) mass is 308 g/mol. The average Bonchev–Trinajstić information content (AvgIpc) is 2.61. The summed E-state index contributed by atoms with van der Waals surface area (Å²) in [7, 11) is 1.81. The van der Waals surface area contributed by atoms with E-state index >= 15 is 0 Å². The van der Waals surface area contributed by atoms with Crippen LogP contribution < -0.4 is 4.57 Å². The predicted molar refractivity (Wildman–Crippen MR) is 97.4 cm³/mol. The van der Waals surface area contributed by atoms with Crippen molar-refractivity contribution in [2.75, 3.05) is 0 Å². The van der Waals surface area contributed by atoms with Crippen LogP contribution in [0, 0.1) is 27.6 Å². The molecule has 116 valence electrons. The van der Waals surface area contributed by atoms with E-state index in [0.717, 1.165) is 22.4 Å². The lowest BCUT2D eigenvalue weighted by atomic mass is 9.94. The zero-order chi connectivity index (χ0) is 21.6. The molecule has 0 radical (unpaired) electrons. The van der Waals surface area contributed by atoms with Gasteiger partial charge >= 0.3 is 0 Å². The normalized spacial score (nSPS) is 15.8. The number of benzene rings is 2. The fraction of sp³-hybridized carbons (Fsp3) is 0.227. The molecule has 0 atom stereocenters. The summed E-state index contributed by atoms with van der Waals surface area (Å²) in [6.07, 6.45) is 1.59. The van der Waals surface area contributed by atoms with E-state index in [4.69, 9.17) is 8.22 Å². The van der Waals surface area contributed by atoms with E-state index in [9.17, 15) is 0 Å². The highest BCUT2D eigenvalue weighted by Gasteiger charge is 2.17. The zero-order valence-electron chi connectivity index (χ0n) is 19.6. The molecule has 1 heteroatoms. The summed E-state index contributed by atoms with van der Waals surface area (Å²) < 4.78 is 49.8. The van der Waals surface area contributed by atoms with Gasteiger partial charge in [-0.1, -0.05) is 42.0 Å². The predicted octanol–water partition coefficient (Wildman–Crippen LogP) is 5.08. The van der Waals surface area contributed by atoms with Crippen LogP contribution in [-0.2, 0) is 7.05 Å². The van der Waals surface area contributed by atoms with Crippen molar-refractivity contribution in [1.82, 2.24) is 0 Å². The number of hydrogen-bond acceptors (Lipinski definition) is 0. The van der Waals surface area contributed by atoms with Crippen molar-refractivity contribution in [1.29, 1.82) is 0 Å². The number of rotatable bonds is 2. The SMILES string of the molecule is [2H]C([2H])([2H])c1cc(C)ccc1-c1cc(-c2ccccc2C)[n+](C)cc1C([2H])([2H])[2H]. The fourth-order valence-electron chi connectivity index (χ4n) is 2.89. The highest BCUT2D eigenvalue weighted by molar-refractivity contribution is 5.74. The quantitative estimate of drug-likeness (QED) is 0.581. The Morgan fingerprint density at radius 2 is 1.57 bits per heavy atom. The van der Waals surface area contributed by atoms with Gasteiger partial charge in [-0.3, -0.25) is 0 Å². The number of pyridine rings is 1. The maximum Gasteiger partial charge on any atom is 0.213 e. The molecule has 1 heterocycles. The second-order valence-corrected chi connectivity index (χ2v) is 5.96. The third-order valence-corrected chi connectivity index (χ3v) is 4.16. The fourth-order valence-corrected chi connectivity index (χ4v) is 2.89. The molecule has 0 N–H and O–H groups in total. The summed E-state index contributed by atoms with van der Waals surface area (Å²) in [5, 5.41) is 0. The molecule has 0 unspecified atom stereocenters. The van der Waals surface area contributed by atoms with Crippen LogP contribution >= 0.6 is 0 Å². The van der Waals surface area contributed by atoms with Gasteiger partial charge in [-0.05, 0) is 55.9 Å². The van der Waals surface area contributed by atoms with Crippen molar-refractivity contribution >= 4 is 0 Å². The highest BCUT2D eigenvalue weighted by atomic mass is 14.9. The molecule has 0 spiro atoms. The molecule has 1 aromatic heterocycles. The van der Waals surface area contributed by atoms with Crippen LogP contribution in [0.2, 0.25) is 0 Å². The van der Waals surface area contributed by atoms with Crippen molar-refractivity contribution in [2.45, 2.75) is 27.6 Å². The van der Waals surface area contributed by atoms with Crippen LogP contribution in [0.1, 0.15) is 30.5 Å². The lowest BCUT2D eigenvalue weighted by molar-refractivity contribution is -0.660. The average molecular weight is 308 g/mol. The summed E-state index contributed by atoms with van der Waals surface area (Å²) in [5.74, 6) is 0. The maximum absolute atomic E-state index is 8.03. The van der Waals surface area contributed by atoms with E-state index in [0.29, 0.717) is 11.1 Å². The van der Waals surface area contributed by atoms with Gasteiger partial charge in [0.05, 0.1) is 0 Å². The summed E-state index contributed by atoms with van der Waals surface area (Å²) in [4.78, 5) is 0. The van der Waals surface area contributed by atoms with E-state index in [1.165, 1.54) is 0 Å². The van der Waals surface area contributed by atoms with Gasteiger partial charge in [0.25, 0.3) is 0 Å². The van der Waals surface area contributed by atoms with Crippen LogP contribution in [-0.4, -0.2) is 0 Å². The lowest BCUT2D eigenvalue weighted by Gasteiger charge is -2.12. The van der Waals surface area contributed by atoms with E-state index in [2.05, 4.69) is 0 Å². The van der Waals surface area contributed by atoms with Gasteiger partial charge in [0.1, 0.15) is 7.05 Å². The Kier molecular flexibility index (Phi) is 2.52. The molecule has 0 bridgehead atoms. The molecule has 0 saturated carbocycles. The zero-order valence-corrected chi connectivity index (χ0v) is 13.6. The first kappa shape index (κ1) is 9.67. The molecular weight excluding hydrogens is 278 g/mol. The molecule has 0 aliphatic heterocycles. The van der Waals surface area contributed by atoms with Crippen LogP contribution in [0.25, 0.3) is 22.4 Å². The minimum Gasteiger partial charge on any atom is -0.201 e. The van der Waals surface area contributed by atoms with E-state index in [-0.39, 0.29) is 11.1 Å². The maximum atomic E-state index is 8.03. The van der Waals surface area contributed by atoms with Crippen LogP contribution in [0.5, 0.6) is 0 Å². The minimum atomic E-state index is -2.38. The van der Waals surface area contributed by atoms with Crippen molar-refractivity contribution in [2.24, 2.45) is 7.05 Å². The Bertz CT molecular complexity index is 1060. The second kappa shape index (κ2) is 6.00. The van der Waals surface area contributed by atoms with Crippen LogP contribution in [0.4, 0.5) is 0 Å². The molecule has 2 aromatic carbocycles. The summed E-state index contributed by atoms with van der Waals surface area (Å²) in [6, 6.07) is 14.8. The molecule has 0 aliphatic carbocycles. The van der Waals surface area contributed by atoms with E-state index in [1.54, 1.807) is 36.0 Å². The number of hydrogen-bond donors (Lipinski definition) is 0. The Morgan fingerprint density at radius 1 is 0.783 bits per heavy atom. The molecule has 23 heavy (non-hydrogen) atoms. The van der Waals surface area contributed by atoms with Crippen molar-refractivity contribution in [3.8, 4) is 22.4 Å². The smallest absolute Gasteiger partial charge is 0.201 e. The van der Waals surface area contributed by atoms with E-state index < -0.39 is 13.7 Å². The molecule has 3 rings (SSSR count). The number of aromatic nitrogens is 1. The van der Waals surface area contributed by atoms with Gasteiger partial charge in [0.2, 0.25) is 5.69 Å². The Morgan fingerprint density at radius 3 is 2.30 bits per heavy atom. The van der Waals surface area contributed by atoms with Crippen molar-refractivity contribution in [3.63, 3.8) is 0 Å². The van der Waals surface area contributed by atoms with Gasteiger partial charge in [-0.2, -0.15) is 0 Å². The van der Waals surface area contributed by atoms with E-state index in [1.807, 2.05) is 44.2 Å². The summed E-state index contributed by atoms with van der Waals surface area (Å²) in [6.45, 7) is -0.914. The number of nitrogens with zero attached hydrogens (tertiary/aromatic N) is 1. The Labute approximate surface area is 147 Å². The molecule has 0 amide bonds. The van der Waals surface area contributed by atoms with Gasteiger partial charge in [0.15, 0.2) is 6.20 Å². The Balaban J connectivity index is 2.40. The first-order chi connectivity index (χ1) is 13.4. The topological polar surface area (TPSA) is 3.88 Å². The van der Waals surface area contributed by atoms with Crippen LogP contribution in [0.15, 0.2) is 54.7 Å². The second-order valence-electron chi connectivity index (χ2n) is 5.96. The molecule has 0 fully saturated rings.